The zero-order valence-electron chi connectivity index (χ0n) is 11.1. The molecule has 0 N–H and O–H groups in total. The molecule has 1 fully saturated rings. The standard InChI is InChI=1S/C15H18O3/c1-9-12(15(17)18-3)7-8-13(11-5-4-6-11)14(9)10(2)16/h7-8,11H,4-6H2,1-3H3. The second-order valence-corrected chi connectivity index (χ2v) is 4.88. The van der Waals surface area contributed by atoms with Crippen molar-refractivity contribution in [3.8, 4) is 0 Å². The van der Waals surface area contributed by atoms with Crippen LogP contribution in [-0.2, 0) is 4.74 Å². The third-order valence-electron chi connectivity index (χ3n) is 3.80. The summed E-state index contributed by atoms with van der Waals surface area (Å²) in [6, 6.07) is 3.70. The van der Waals surface area contributed by atoms with E-state index in [1.807, 2.05) is 13.0 Å². The number of hydrogen-bond donors (Lipinski definition) is 0. The molecule has 18 heavy (non-hydrogen) atoms. The Morgan fingerprint density at radius 1 is 1.28 bits per heavy atom. The minimum Gasteiger partial charge on any atom is -0.465 e. The average Bonchev–Trinajstić information content (AvgIpc) is 2.25. The van der Waals surface area contributed by atoms with Crippen molar-refractivity contribution in [2.75, 3.05) is 7.11 Å². The largest absolute Gasteiger partial charge is 0.465 e. The molecular formula is C15H18O3. The molecular weight excluding hydrogens is 228 g/mol. The average molecular weight is 246 g/mol. The van der Waals surface area contributed by atoms with Gasteiger partial charge in [0.1, 0.15) is 0 Å². The first kappa shape index (κ1) is 12.8. The molecule has 0 aliphatic heterocycles. The van der Waals surface area contributed by atoms with E-state index in [2.05, 4.69) is 0 Å². The highest BCUT2D eigenvalue weighted by atomic mass is 16.5. The molecule has 1 aliphatic carbocycles. The van der Waals surface area contributed by atoms with E-state index in [0.717, 1.165) is 24.0 Å². The molecule has 0 heterocycles. The third kappa shape index (κ3) is 2.05. The van der Waals surface area contributed by atoms with Crippen LogP contribution in [0.1, 0.15) is 63.9 Å². The van der Waals surface area contributed by atoms with Crippen molar-refractivity contribution >= 4 is 11.8 Å². The number of carbonyl (C=O) groups is 2. The van der Waals surface area contributed by atoms with Crippen LogP contribution in [0.15, 0.2) is 12.1 Å². The Balaban J connectivity index is 2.54. The summed E-state index contributed by atoms with van der Waals surface area (Å²) in [7, 11) is 1.36. The molecule has 3 nitrogen and oxygen atoms in total. The molecule has 0 bridgehead atoms. The Hall–Kier alpha value is -1.64. The third-order valence-corrected chi connectivity index (χ3v) is 3.80. The Morgan fingerprint density at radius 3 is 2.39 bits per heavy atom. The Labute approximate surface area is 107 Å². The van der Waals surface area contributed by atoms with Crippen molar-refractivity contribution in [2.24, 2.45) is 0 Å². The zero-order valence-corrected chi connectivity index (χ0v) is 11.1. The molecule has 0 aromatic heterocycles. The van der Waals surface area contributed by atoms with Gasteiger partial charge in [0.2, 0.25) is 0 Å². The second kappa shape index (κ2) is 4.92. The first-order chi connectivity index (χ1) is 8.56. The smallest absolute Gasteiger partial charge is 0.338 e. The second-order valence-electron chi connectivity index (χ2n) is 4.88. The summed E-state index contributed by atoms with van der Waals surface area (Å²) in [4.78, 5) is 23.5. The van der Waals surface area contributed by atoms with Gasteiger partial charge in [0.15, 0.2) is 5.78 Å². The van der Waals surface area contributed by atoms with Gasteiger partial charge in [0.05, 0.1) is 12.7 Å². The first-order valence-electron chi connectivity index (χ1n) is 6.29. The van der Waals surface area contributed by atoms with Gasteiger partial charge in [-0.3, -0.25) is 4.79 Å². The first-order valence-corrected chi connectivity index (χ1v) is 6.29. The van der Waals surface area contributed by atoms with E-state index < -0.39 is 0 Å². The van der Waals surface area contributed by atoms with Crippen LogP contribution in [0.5, 0.6) is 0 Å². The van der Waals surface area contributed by atoms with Crippen LogP contribution in [0, 0.1) is 6.92 Å². The van der Waals surface area contributed by atoms with E-state index in [0.29, 0.717) is 17.0 Å². The SMILES string of the molecule is COC(=O)c1ccc(C2CCC2)c(C(C)=O)c1C. The molecule has 1 aromatic carbocycles. The molecule has 1 aliphatic rings. The summed E-state index contributed by atoms with van der Waals surface area (Å²) in [5.74, 6) is 0.129. The lowest BCUT2D eigenvalue weighted by Gasteiger charge is -2.28. The van der Waals surface area contributed by atoms with Crippen molar-refractivity contribution < 1.29 is 14.3 Å². The quantitative estimate of drug-likeness (QED) is 0.607. The summed E-state index contributed by atoms with van der Waals surface area (Å²) in [5.41, 5.74) is 3.05. The summed E-state index contributed by atoms with van der Waals surface area (Å²) in [5, 5.41) is 0. The minimum atomic E-state index is -0.379. The van der Waals surface area contributed by atoms with Crippen molar-refractivity contribution in [1.29, 1.82) is 0 Å². The molecule has 3 heteroatoms. The van der Waals surface area contributed by atoms with Crippen molar-refractivity contribution in [3.63, 3.8) is 0 Å². The van der Waals surface area contributed by atoms with Crippen LogP contribution < -0.4 is 0 Å². The number of carbonyl (C=O) groups excluding carboxylic acids is 2. The summed E-state index contributed by atoms with van der Waals surface area (Å²) >= 11 is 0. The number of ketones is 1. The van der Waals surface area contributed by atoms with Crippen LogP contribution in [0.4, 0.5) is 0 Å². The monoisotopic (exact) mass is 246 g/mol. The van der Waals surface area contributed by atoms with Crippen LogP contribution in [0.3, 0.4) is 0 Å². The van der Waals surface area contributed by atoms with Crippen LogP contribution in [-0.4, -0.2) is 18.9 Å². The number of hydrogen-bond acceptors (Lipinski definition) is 3. The highest BCUT2D eigenvalue weighted by Gasteiger charge is 2.26. The molecule has 1 saturated carbocycles. The lowest BCUT2D eigenvalue weighted by Crippen LogP contribution is -2.16. The van der Waals surface area contributed by atoms with E-state index >= 15 is 0 Å². The number of Topliss-reactive ketones (excluding diaryl/α,β-unsaturated/α-hetero) is 1. The Kier molecular flexibility index (Phi) is 3.50. The Morgan fingerprint density at radius 2 is 1.94 bits per heavy atom. The molecule has 1 aromatic rings. The Bertz CT molecular complexity index is 499. The fourth-order valence-corrected chi connectivity index (χ4v) is 2.59. The lowest BCUT2D eigenvalue weighted by atomic mass is 9.76. The topological polar surface area (TPSA) is 43.4 Å². The maximum atomic E-state index is 11.8. The zero-order chi connectivity index (χ0) is 13.3. The predicted molar refractivity (Wildman–Crippen MR) is 69.1 cm³/mol. The molecule has 96 valence electrons. The number of rotatable bonds is 3. The number of methoxy groups -OCH3 is 1. The van der Waals surface area contributed by atoms with Gasteiger partial charge in [0, 0.05) is 5.56 Å². The van der Waals surface area contributed by atoms with Crippen LogP contribution in [0.2, 0.25) is 0 Å². The van der Waals surface area contributed by atoms with Crippen LogP contribution in [0.25, 0.3) is 0 Å². The maximum absolute atomic E-state index is 11.8. The van der Waals surface area contributed by atoms with Gasteiger partial charge < -0.3 is 4.74 Å². The maximum Gasteiger partial charge on any atom is 0.338 e. The number of esters is 1. The number of benzene rings is 1. The fourth-order valence-electron chi connectivity index (χ4n) is 2.59. The molecule has 0 unspecified atom stereocenters. The summed E-state index contributed by atoms with van der Waals surface area (Å²) < 4.78 is 4.74. The normalized spacial score (nSPS) is 15.1. The molecule has 0 radical (unpaired) electrons. The molecule has 0 spiro atoms. The van der Waals surface area contributed by atoms with Gasteiger partial charge >= 0.3 is 5.97 Å². The van der Waals surface area contributed by atoms with Gasteiger partial charge in [-0.1, -0.05) is 12.5 Å². The van der Waals surface area contributed by atoms with E-state index in [-0.39, 0.29) is 11.8 Å². The molecule has 0 amide bonds. The van der Waals surface area contributed by atoms with Gasteiger partial charge in [-0.05, 0) is 49.8 Å². The van der Waals surface area contributed by atoms with Crippen LogP contribution >= 0.6 is 0 Å². The van der Waals surface area contributed by atoms with E-state index in [4.69, 9.17) is 4.74 Å². The minimum absolute atomic E-state index is 0.0279. The van der Waals surface area contributed by atoms with E-state index in [1.165, 1.54) is 13.5 Å². The number of ether oxygens (including phenoxy) is 1. The highest BCUT2D eigenvalue weighted by molar-refractivity contribution is 6.01. The fraction of sp³-hybridized carbons (Fsp3) is 0.467. The van der Waals surface area contributed by atoms with Crippen molar-refractivity contribution in [1.82, 2.24) is 0 Å². The summed E-state index contributed by atoms with van der Waals surface area (Å²) in [6.45, 7) is 3.39. The van der Waals surface area contributed by atoms with E-state index in [1.54, 1.807) is 13.0 Å². The predicted octanol–water partition coefficient (Wildman–Crippen LogP) is 3.25. The van der Waals surface area contributed by atoms with E-state index in [9.17, 15) is 9.59 Å². The lowest BCUT2D eigenvalue weighted by molar-refractivity contribution is 0.0600. The van der Waals surface area contributed by atoms with Gasteiger partial charge in [0.25, 0.3) is 0 Å². The molecule has 0 saturated heterocycles. The summed E-state index contributed by atoms with van der Waals surface area (Å²) in [6.07, 6.45) is 3.49. The highest BCUT2D eigenvalue weighted by Crippen LogP contribution is 2.39. The molecule has 2 rings (SSSR count). The molecule has 0 atom stereocenters. The van der Waals surface area contributed by atoms with Crippen molar-refractivity contribution in [2.45, 2.75) is 39.0 Å². The van der Waals surface area contributed by atoms with Crippen molar-refractivity contribution in [3.05, 3.63) is 34.4 Å². The van der Waals surface area contributed by atoms with Gasteiger partial charge in [-0.25, -0.2) is 4.79 Å². The van der Waals surface area contributed by atoms with Gasteiger partial charge in [-0.15, -0.1) is 0 Å². The van der Waals surface area contributed by atoms with Gasteiger partial charge in [-0.2, -0.15) is 0 Å².